The highest BCUT2D eigenvalue weighted by atomic mass is 32.2. The van der Waals surface area contributed by atoms with Crippen molar-refractivity contribution in [2.45, 2.75) is 31.6 Å². The van der Waals surface area contributed by atoms with Gasteiger partial charge in [0.2, 0.25) is 0 Å². The Morgan fingerprint density at radius 3 is 2.19 bits per heavy atom. The fourth-order valence-electron chi connectivity index (χ4n) is 1.98. The van der Waals surface area contributed by atoms with E-state index in [4.69, 9.17) is 0 Å². The molecule has 0 spiro atoms. The van der Waals surface area contributed by atoms with Crippen LogP contribution in [0.3, 0.4) is 0 Å². The Kier molecular flexibility index (Phi) is 4.32. The highest BCUT2D eigenvalue weighted by Gasteiger charge is 2.15. The van der Waals surface area contributed by atoms with Gasteiger partial charge in [-0.1, -0.05) is 26.0 Å². The zero-order valence-electron chi connectivity index (χ0n) is 12.2. The van der Waals surface area contributed by atoms with E-state index in [-0.39, 0.29) is 4.90 Å². The van der Waals surface area contributed by atoms with Gasteiger partial charge in [0.25, 0.3) is 10.0 Å². The highest BCUT2D eigenvalue weighted by Crippen LogP contribution is 2.22. The van der Waals surface area contributed by atoms with Crippen LogP contribution < -0.4 is 4.72 Å². The third-order valence-corrected chi connectivity index (χ3v) is 4.67. The van der Waals surface area contributed by atoms with Gasteiger partial charge in [0.15, 0.2) is 0 Å². The Bertz CT molecular complexity index is 737. The maximum atomic E-state index is 13.0. The second-order valence-electron chi connectivity index (χ2n) is 5.29. The summed E-state index contributed by atoms with van der Waals surface area (Å²) < 4.78 is 40.2. The zero-order chi connectivity index (χ0) is 15.6. The van der Waals surface area contributed by atoms with Gasteiger partial charge < -0.3 is 0 Å². The van der Waals surface area contributed by atoms with E-state index in [1.165, 1.54) is 18.2 Å². The van der Waals surface area contributed by atoms with Crippen molar-refractivity contribution in [1.29, 1.82) is 0 Å². The maximum absolute atomic E-state index is 13.0. The number of benzene rings is 2. The molecule has 21 heavy (non-hydrogen) atoms. The Labute approximate surface area is 124 Å². The van der Waals surface area contributed by atoms with Crippen molar-refractivity contribution < 1.29 is 12.8 Å². The first-order chi connectivity index (χ1) is 9.79. The van der Waals surface area contributed by atoms with Crippen LogP contribution in [0.4, 0.5) is 10.1 Å². The van der Waals surface area contributed by atoms with E-state index >= 15 is 0 Å². The summed E-state index contributed by atoms with van der Waals surface area (Å²) in [6, 6.07) is 10.7. The minimum absolute atomic E-state index is 0.190. The molecule has 0 fully saturated rings. The molecule has 0 atom stereocenters. The first-order valence-corrected chi connectivity index (χ1v) is 8.17. The topological polar surface area (TPSA) is 46.2 Å². The Balaban J connectivity index is 2.29. The number of halogens is 1. The first kappa shape index (κ1) is 15.5. The van der Waals surface area contributed by atoms with Crippen molar-refractivity contribution >= 4 is 15.7 Å². The molecule has 2 aromatic carbocycles. The minimum Gasteiger partial charge on any atom is -0.279 e. The predicted molar refractivity (Wildman–Crippen MR) is 82.5 cm³/mol. The van der Waals surface area contributed by atoms with Crippen LogP contribution in [0.1, 0.15) is 30.9 Å². The highest BCUT2D eigenvalue weighted by molar-refractivity contribution is 7.92. The fourth-order valence-corrected chi connectivity index (χ4v) is 3.11. The lowest BCUT2D eigenvalue weighted by atomic mass is 10.0. The molecule has 3 nitrogen and oxygen atoms in total. The van der Waals surface area contributed by atoms with Gasteiger partial charge in [-0.05, 0) is 54.3 Å². The van der Waals surface area contributed by atoms with Crippen molar-refractivity contribution in [2.24, 2.45) is 0 Å². The molecular weight excluding hydrogens is 289 g/mol. The quantitative estimate of drug-likeness (QED) is 0.926. The molecule has 112 valence electrons. The summed E-state index contributed by atoms with van der Waals surface area (Å²) in [6.45, 7) is 5.75. The Hall–Kier alpha value is -1.88. The van der Waals surface area contributed by atoms with Crippen LogP contribution >= 0.6 is 0 Å². The van der Waals surface area contributed by atoms with Crippen LogP contribution in [0.2, 0.25) is 0 Å². The monoisotopic (exact) mass is 307 g/mol. The normalized spacial score (nSPS) is 11.7. The summed E-state index contributed by atoms with van der Waals surface area (Å²) in [5.74, 6) is -0.0502. The number of anilines is 1. The number of hydrogen-bond donors (Lipinski definition) is 1. The molecule has 0 amide bonds. The Morgan fingerprint density at radius 1 is 1.05 bits per heavy atom. The van der Waals surface area contributed by atoms with E-state index in [1.54, 1.807) is 31.2 Å². The molecule has 0 aliphatic heterocycles. The van der Waals surface area contributed by atoms with Crippen molar-refractivity contribution in [2.75, 3.05) is 4.72 Å². The van der Waals surface area contributed by atoms with Gasteiger partial charge in [-0.25, -0.2) is 12.8 Å². The van der Waals surface area contributed by atoms with Crippen molar-refractivity contribution in [3.8, 4) is 0 Å². The van der Waals surface area contributed by atoms with Gasteiger partial charge in [-0.3, -0.25) is 4.72 Å². The molecule has 0 aliphatic rings. The smallest absolute Gasteiger partial charge is 0.261 e. The van der Waals surface area contributed by atoms with Gasteiger partial charge >= 0.3 is 0 Å². The molecule has 2 aromatic rings. The predicted octanol–water partition coefficient (Wildman–Crippen LogP) is 4.06. The van der Waals surface area contributed by atoms with Crippen LogP contribution in [0, 0.1) is 12.7 Å². The average Bonchev–Trinajstić information content (AvgIpc) is 2.42. The minimum atomic E-state index is -3.66. The second kappa shape index (κ2) is 5.85. The lowest BCUT2D eigenvalue weighted by molar-refractivity contribution is 0.600. The maximum Gasteiger partial charge on any atom is 0.261 e. The third kappa shape index (κ3) is 3.61. The van der Waals surface area contributed by atoms with Crippen molar-refractivity contribution in [1.82, 2.24) is 0 Å². The number of nitrogens with one attached hydrogen (secondary N) is 1. The van der Waals surface area contributed by atoms with Crippen LogP contribution in [-0.4, -0.2) is 8.42 Å². The van der Waals surface area contributed by atoms with Gasteiger partial charge in [0, 0.05) is 0 Å². The van der Waals surface area contributed by atoms with Crippen molar-refractivity contribution in [3.05, 3.63) is 59.4 Å². The van der Waals surface area contributed by atoms with E-state index in [2.05, 4.69) is 4.72 Å². The van der Waals surface area contributed by atoms with Crippen LogP contribution in [0.5, 0.6) is 0 Å². The molecule has 0 saturated carbocycles. The largest absolute Gasteiger partial charge is 0.279 e. The molecule has 0 saturated heterocycles. The summed E-state index contributed by atoms with van der Waals surface area (Å²) in [6.07, 6.45) is 0. The van der Waals surface area contributed by atoms with Gasteiger partial charge in [0.05, 0.1) is 10.6 Å². The molecule has 0 aromatic heterocycles. The third-order valence-electron chi connectivity index (χ3n) is 3.29. The van der Waals surface area contributed by atoms with E-state index in [1.807, 2.05) is 13.8 Å². The van der Waals surface area contributed by atoms with E-state index < -0.39 is 15.8 Å². The standard InChI is InChI=1S/C16H18FNO2S/c1-11(2)13-4-7-15(8-5-13)21(19,20)18-16-9-6-14(17)10-12(16)3/h4-11,18H,1-3H3. The molecule has 0 aliphatic carbocycles. The number of hydrogen-bond acceptors (Lipinski definition) is 2. The van der Waals surface area contributed by atoms with Gasteiger partial charge in [-0.15, -0.1) is 0 Å². The molecule has 0 radical (unpaired) electrons. The lowest BCUT2D eigenvalue weighted by Gasteiger charge is -2.12. The zero-order valence-corrected chi connectivity index (χ0v) is 13.0. The van der Waals surface area contributed by atoms with E-state index in [0.717, 1.165) is 5.56 Å². The first-order valence-electron chi connectivity index (χ1n) is 6.68. The summed E-state index contributed by atoms with van der Waals surface area (Å²) >= 11 is 0. The summed E-state index contributed by atoms with van der Waals surface area (Å²) in [4.78, 5) is 0.190. The summed E-state index contributed by atoms with van der Waals surface area (Å²) in [5, 5.41) is 0. The number of sulfonamides is 1. The number of aryl methyl sites for hydroxylation is 1. The van der Waals surface area contributed by atoms with Crippen LogP contribution in [0.25, 0.3) is 0 Å². The fraction of sp³-hybridized carbons (Fsp3) is 0.250. The van der Waals surface area contributed by atoms with E-state index in [9.17, 15) is 12.8 Å². The summed E-state index contributed by atoms with van der Waals surface area (Å²) in [7, 11) is -3.66. The molecular formula is C16H18FNO2S. The van der Waals surface area contributed by atoms with Crippen molar-refractivity contribution in [3.63, 3.8) is 0 Å². The molecule has 2 rings (SSSR count). The molecule has 1 N–H and O–H groups in total. The van der Waals surface area contributed by atoms with Crippen LogP contribution in [-0.2, 0) is 10.0 Å². The van der Waals surface area contributed by atoms with Gasteiger partial charge in [-0.2, -0.15) is 0 Å². The molecule has 0 heterocycles. The average molecular weight is 307 g/mol. The molecule has 0 unspecified atom stereocenters. The lowest BCUT2D eigenvalue weighted by Crippen LogP contribution is -2.13. The van der Waals surface area contributed by atoms with Gasteiger partial charge in [0.1, 0.15) is 5.82 Å². The Morgan fingerprint density at radius 2 is 1.67 bits per heavy atom. The molecule has 5 heteroatoms. The SMILES string of the molecule is Cc1cc(F)ccc1NS(=O)(=O)c1ccc(C(C)C)cc1. The van der Waals surface area contributed by atoms with E-state index in [0.29, 0.717) is 17.2 Å². The molecule has 0 bridgehead atoms. The number of rotatable bonds is 4. The summed E-state index contributed by atoms with van der Waals surface area (Å²) in [5.41, 5.74) is 1.99. The second-order valence-corrected chi connectivity index (χ2v) is 6.97. The van der Waals surface area contributed by atoms with Crippen LogP contribution in [0.15, 0.2) is 47.4 Å².